The van der Waals surface area contributed by atoms with E-state index in [0.29, 0.717) is 10.5 Å². The van der Waals surface area contributed by atoms with Crippen LogP contribution in [0.25, 0.3) is 6.08 Å². The van der Waals surface area contributed by atoms with Crippen molar-refractivity contribution in [2.24, 2.45) is 0 Å². The fourth-order valence-electron chi connectivity index (χ4n) is 4.14. The molecule has 2 aromatic carbocycles. The molecule has 0 saturated heterocycles. The van der Waals surface area contributed by atoms with E-state index >= 15 is 0 Å². The first-order valence-electron chi connectivity index (χ1n) is 10.7. The van der Waals surface area contributed by atoms with Crippen molar-refractivity contribution >= 4 is 35.3 Å². The summed E-state index contributed by atoms with van der Waals surface area (Å²) in [6, 6.07) is 14.0. The monoisotopic (exact) mass is 420 g/mol. The Morgan fingerprint density at radius 3 is 2.60 bits per heavy atom. The van der Waals surface area contributed by atoms with Gasteiger partial charge in [-0.25, -0.2) is 0 Å². The van der Waals surface area contributed by atoms with Crippen molar-refractivity contribution < 1.29 is 9.59 Å². The summed E-state index contributed by atoms with van der Waals surface area (Å²) in [5.41, 5.74) is 3.59. The van der Waals surface area contributed by atoms with E-state index in [4.69, 9.17) is 0 Å². The number of nitrogens with zero attached hydrogens (tertiary/aromatic N) is 1. The molecule has 0 atom stereocenters. The fraction of sp³-hybridized carbons (Fsp3) is 0.360. The van der Waals surface area contributed by atoms with Gasteiger partial charge in [0.15, 0.2) is 0 Å². The Hall–Kier alpha value is -2.53. The SMILES string of the molecule is Cc1cccc(C=C2Sc3ccc(C(=O)NC4CCCCCC4)cc3N(C)C2=O)c1. The van der Waals surface area contributed by atoms with Crippen LogP contribution in [0.4, 0.5) is 5.69 Å². The number of carbonyl (C=O) groups is 2. The lowest BCUT2D eigenvalue weighted by molar-refractivity contribution is -0.114. The van der Waals surface area contributed by atoms with Gasteiger partial charge in [-0.1, -0.05) is 67.3 Å². The first-order chi connectivity index (χ1) is 14.5. The van der Waals surface area contributed by atoms with Crippen molar-refractivity contribution in [1.82, 2.24) is 5.32 Å². The van der Waals surface area contributed by atoms with Crippen molar-refractivity contribution in [1.29, 1.82) is 0 Å². The van der Waals surface area contributed by atoms with Gasteiger partial charge in [0.1, 0.15) is 0 Å². The third-order valence-corrected chi connectivity index (χ3v) is 6.93. The van der Waals surface area contributed by atoms with Gasteiger partial charge in [0, 0.05) is 23.5 Å². The minimum absolute atomic E-state index is 0.0448. The Morgan fingerprint density at radius 1 is 1.10 bits per heavy atom. The second kappa shape index (κ2) is 9.09. The van der Waals surface area contributed by atoms with Crippen LogP contribution >= 0.6 is 11.8 Å². The molecule has 0 spiro atoms. The third-order valence-electron chi connectivity index (χ3n) is 5.85. The molecule has 1 aliphatic carbocycles. The highest BCUT2D eigenvalue weighted by atomic mass is 32.2. The molecule has 5 heteroatoms. The van der Waals surface area contributed by atoms with Gasteiger partial charge in [-0.3, -0.25) is 9.59 Å². The Labute approximate surface area is 182 Å². The van der Waals surface area contributed by atoms with Crippen LogP contribution in [0.3, 0.4) is 0 Å². The standard InChI is InChI=1S/C25H28N2O2S/c1-17-8-7-9-18(14-17)15-23-25(29)27(2)21-16-19(12-13-22(21)30-23)24(28)26-20-10-5-3-4-6-11-20/h7-9,12-16,20H,3-6,10-11H2,1-2H3,(H,26,28). The topological polar surface area (TPSA) is 49.4 Å². The van der Waals surface area contributed by atoms with Crippen LogP contribution in [-0.4, -0.2) is 24.9 Å². The molecule has 1 N–H and O–H groups in total. The first-order valence-corrected chi connectivity index (χ1v) is 11.5. The van der Waals surface area contributed by atoms with Gasteiger partial charge in [0.25, 0.3) is 11.8 Å². The number of hydrogen-bond donors (Lipinski definition) is 1. The van der Waals surface area contributed by atoms with Gasteiger partial charge < -0.3 is 10.2 Å². The number of benzene rings is 2. The number of likely N-dealkylation sites (N-methyl/N-ethyl adjacent to an activating group) is 1. The molecular weight excluding hydrogens is 392 g/mol. The van der Waals surface area contributed by atoms with Crippen LogP contribution in [0.5, 0.6) is 0 Å². The minimum Gasteiger partial charge on any atom is -0.349 e. The largest absolute Gasteiger partial charge is 0.349 e. The zero-order chi connectivity index (χ0) is 21.1. The number of anilines is 1. The lowest BCUT2D eigenvalue weighted by Gasteiger charge is -2.27. The number of carbonyl (C=O) groups excluding carboxylic acids is 2. The summed E-state index contributed by atoms with van der Waals surface area (Å²) < 4.78 is 0. The normalized spacial score (nSPS) is 18.8. The number of amides is 2. The van der Waals surface area contributed by atoms with E-state index in [-0.39, 0.29) is 17.9 Å². The third kappa shape index (κ3) is 4.62. The van der Waals surface area contributed by atoms with Crippen LogP contribution < -0.4 is 10.2 Å². The highest BCUT2D eigenvalue weighted by Gasteiger charge is 2.27. The fourth-order valence-corrected chi connectivity index (χ4v) is 5.23. The molecule has 4 nitrogen and oxygen atoms in total. The van der Waals surface area contributed by atoms with Crippen LogP contribution in [0, 0.1) is 6.92 Å². The van der Waals surface area contributed by atoms with Gasteiger partial charge in [0.05, 0.1) is 10.6 Å². The first kappa shape index (κ1) is 20.7. The van der Waals surface area contributed by atoms with Crippen LogP contribution in [0.15, 0.2) is 52.3 Å². The Morgan fingerprint density at radius 2 is 1.87 bits per heavy atom. The van der Waals surface area contributed by atoms with Crippen LogP contribution in [-0.2, 0) is 4.79 Å². The highest BCUT2D eigenvalue weighted by molar-refractivity contribution is 8.04. The lowest BCUT2D eigenvalue weighted by atomic mass is 10.1. The van der Waals surface area contributed by atoms with Gasteiger partial charge in [0.2, 0.25) is 0 Å². The summed E-state index contributed by atoms with van der Waals surface area (Å²) >= 11 is 1.47. The van der Waals surface area contributed by atoms with E-state index in [1.54, 1.807) is 11.9 Å². The summed E-state index contributed by atoms with van der Waals surface area (Å²) in [4.78, 5) is 29.1. The predicted molar refractivity (Wildman–Crippen MR) is 124 cm³/mol. The summed E-state index contributed by atoms with van der Waals surface area (Å²) in [6.45, 7) is 2.04. The summed E-state index contributed by atoms with van der Waals surface area (Å²) in [7, 11) is 1.78. The maximum Gasteiger partial charge on any atom is 0.264 e. The number of fused-ring (bicyclic) bond motifs is 1. The molecule has 0 bridgehead atoms. The summed E-state index contributed by atoms with van der Waals surface area (Å²) in [5, 5.41) is 3.19. The van der Waals surface area contributed by atoms with Crippen molar-refractivity contribution in [3.8, 4) is 0 Å². The molecule has 0 radical (unpaired) electrons. The second-order valence-electron chi connectivity index (χ2n) is 8.23. The average Bonchev–Trinajstić information content (AvgIpc) is 3.00. The number of aryl methyl sites for hydroxylation is 1. The molecule has 1 heterocycles. The average molecular weight is 421 g/mol. The molecule has 1 aliphatic heterocycles. The predicted octanol–water partition coefficient (Wildman–Crippen LogP) is 5.56. The molecule has 30 heavy (non-hydrogen) atoms. The molecule has 2 aromatic rings. The lowest BCUT2D eigenvalue weighted by Crippen LogP contribution is -2.35. The van der Waals surface area contributed by atoms with E-state index in [1.165, 1.54) is 37.4 Å². The molecule has 2 aliphatic rings. The maximum absolute atomic E-state index is 12.9. The Balaban J connectivity index is 1.54. The van der Waals surface area contributed by atoms with Gasteiger partial charge in [-0.15, -0.1) is 0 Å². The molecule has 2 amide bonds. The molecule has 4 rings (SSSR count). The van der Waals surface area contributed by atoms with Crippen LogP contribution in [0.2, 0.25) is 0 Å². The molecule has 1 saturated carbocycles. The zero-order valence-corrected chi connectivity index (χ0v) is 18.4. The quantitative estimate of drug-likeness (QED) is 0.523. The van der Waals surface area contributed by atoms with Crippen LogP contribution in [0.1, 0.15) is 60.0 Å². The van der Waals surface area contributed by atoms with Crippen molar-refractivity contribution in [2.45, 2.75) is 56.4 Å². The highest BCUT2D eigenvalue weighted by Crippen LogP contribution is 2.42. The number of nitrogens with one attached hydrogen (secondary N) is 1. The number of rotatable bonds is 3. The molecule has 1 fully saturated rings. The number of hydrogen-bond acceptors (Lipinski definition) is 3. The van der Waals surface area contributed by atoms with Crippen molar-refractivity contribution in [3.05, 3.63) is 64.1 Å². The zero-order valence-electron chi connectivity index (χ0n) is 17.6. The Bertz CT molecular complexity index is 990. The van der Waals surface area contributed by atoms with E-state index in [0.717, 1.165) is 34.6 Å². The molecule has 156 valence electrons. The van der Waals surface area contributed by atoms with E-state index in [9.17, 15) is 9.59 Å². The summed E-state index contributed by atoms with van der Waals surface area (Å²) in [5.74, 6) is -0.0908. The molecular formula is C25H28N2O2S. The van der Waals surface area contributed by atoms with Crippen molar-refractivity contribution in [3.63, 3.8) is 0 Å². The van der Waals surface area contributed by atoms with Gasteiger partial charge in [-0.05, 0) is 49.6 Å². The minimum atomic E-state index is -0.0460. The van der Waals surface area contributed by atoms with E-state index < -0.39 is 0 Å². The van der Waals surface area contributed by atoms with Gasteiger partial charge >= 0.3 is 0 Å². The smallest absolute Gasteiger partial charge is 0.264 e. The molecule has 0 unspecified atom stereocenters. The van der Waals surface area contributed by atoms with Crippen molar-refractivity contribution in [2.75, 3.05) is 11.9 Å². The summed E-state index contributed by atoms with van der Waals surface area (Å²) in [6.07, 6.45) is 8.92. The van der Waals surface area contributed by atoms with Gasteiger partial charge in [-0.2, -0.15) is 0 Å². The van der Waals surface area contributed by atoms with E-state index in [2.05, 4.69) is 11.4 Å². The number of thioether (sulfide) groups is 1. The van der Waals surface area contributed by atoms with E-state index in [1.807, 2.05) is 49.4 Å². The molecule has 0 aromatic heterocycles. The second-order valence-corrected chi connectivity index (χ2v) is 9.32. The maximum atomic E-state index is 12.9. The Kier molecular flexibility index (Phi) is 6.28.